The molecule has 0 amide bonds. The fraction of sp³-hybridized carbons (Fsp3) is 0.375. The maximum absolute atomic E-state index is 5.86. The Hall–Kier alpha value is -1.74. The van der Waals surface area contributed by atoms with Gasteiger partial charge in [0.15, 0.2) is 0 Å². The monoisotopic (exact) mass is 259 g/mol. The summed E-state index contributed by atoms with van der Waals surface area (Å²) in [6.07, 6.45) is 1.72. The highest BCUT2D eigenvalue weighted by atomic mass is 16.5. The molecule has 0 aliphatic heterocycles. The minimum absolute atomic E-state index is 0.470. The third kappa shape index (κ3) is 3.38. The van der Waals surface area contributed by atoms with Crippen LogP contribution in [0.3, 0.4) is 0 Å². The second-order valence-corrected chi connectivity index (χ2v) is 4.64. The molecule has 2 rings (SSSR count). The number of benzene rings is 1. The third-order valence-electron chi connectivity index (χ3n) is 3.32. The Labute approximate surface area is 114 Å². The lowest BCUT2D eigenvalue weighted by Crippen LogP contribution is -2.12. The number of hydrogen-bond acceptors (Lipinski definition) is 3. The highest BCUT2D eigenvalue weighted by Crippen LogP contribution is 2.22. The number of ether oxygens (including phenoxy) is 1. The molecule has 0 unspecified atom stereocenters. The zero-order valence-electron chi connectivity index (χ0n) is 11.8. The van der Waals surface area contributed by atoms with Crippen LogP contribution in [0.15, 0.2) is 34.9 Å². The number of rotatable bonds is 6. The first kappa shape index (κ1) is 13.7. The fourth-order valence-electron chi connectivity index (χ4n) is 1.93. The van der Waals surface area contributed by atoms with Gasteiger partial charge in [-0.3, -0.25) is 0 Å². The molecule has 2 aromatic rings. The van der Waals surface area contributed by atoms with Gasteiger partial charge in [-0.15, -0.1) is 0 Å². The van der Waals surface area contributed by atoms with E-state index in [1.807, 2.05) is 18.2 Å². The Bertz CT molecular complexity index is 531. The largest absolute Gasteiger partial charge is 0.485 e. The Morgan fingerprint density at radius 2 is 2.05 bits per heavy atom. The number of aryl methyl sites for hydroxylation is 1. The summed E-state index contributed by atoms with van der Waals surface area (Å²) in [6.45, 7) is 8.49. The molecule has 19 heavy (non-hydrogen) atoms. The molecule has 0 aliphatic rings. The van der Waals surface area contributed by atoms with Gasteiger partial charge in [0.05, 0.1) is 6.26 Å². The predicted molar refractivity (Wildman–Crippen MR) is 76.3 cm³/mol. The summed E-state index contributed by atoms with van der Waals surface area (Å²) in [5, 5.41) is 3.29. The first-order valence-electron chi connectivity index (χ1n) is 6.67. The minimum Gasteiger partial charge on any atom is -0.485 e. The molecule has 3 heteroatoms. The van der Waals surface area contributed by atoms with Crippen molar-refractivity contribution in [2.75, 3.05) is 6.54 Å². The molecule has 102 valence electrons. The maximum Gasteiger partial charge on any atom is 0.146 e. The van der Waals surface area contributed by atoms with Crippen LogP contribution in [0.1, 0.15) is 29.4 Å². The van der Waals surface area contributed by atoms with Crippen LogP contribution in [0, 0.1) is 13.8 Å². The van der Waals surface area contributed by atoms with Crippen molar-refractivity contribution in [3.8, 4) is 5.75 Å². The van der Waals surface area contributed by atoms with Gasteiger partial charge in [-0.05, 0) is 43.7 Å². The lowest BCUT2D eigenvalue weighted by molar-refractivity contribution is 0.266. The van der Waals surface area contributed by atoms with E-state index in [0.29, 0.717) is 6.61 Å². The Balaban J connectivity index is 2.02. The van der Waals surface area contributed by atoms with E-state index in [1.165, 1.54) is 11.1 Å². The van der Waals surface area contributed by atoms with Crippen LogP contribution in [-0.2, 0) is 13.2 Å². The van der Waals surface area contributed by atoms with Crippen LogP contribution in [0.2, 0.25) is 0 Å². The summed E-state index contributed by atoms with van der Waals surface area (Å²) in [4.78, 5) is 0. The Kier molecular flexibility index (Phi) is 4.63. The van der Waals surface area contributed by atoms with Crippen molar-refractivity contribution in [1.82, 2.24) is 5.32 Å². The van der Waals surface area contributed by atoms with Gasteiger partial charge >= 0.3 is 0 Å². The van der Waals surface area contributed by atoms with Crippen molar-refractivity contribution in [2.45, 2.75) is 33.9 Å². The smallest absolute Gasteiger partial charge is 0.146 e. The molecule has 0 aliphatic carbocycles. The molecular weight excluding hydrogens is 238 g/mol. The summed E-state index contributed by atoms with van der Waals surface area (Å²) < 4.78 is 11.3. The van der Waals surface area contributed by atoms with E-state index in [4.69, 9.17) is 9.15 Å². The first-order valence-corrected chi connectivity index (χ1v) is 6.67. The Morgan fingerprint density at radius 1 is 1.21 bits per heavy atom. The highest BCUT2D eigenvalue weighted by molar-refractivity contribution is 5.38. The fourth-order valence-corrected chi connectivity index (χ4v) is 1.93. The summed E-state index contributed by atoms with van der Waals surface area (Å²) in [5.41, 5.74) is 3.58. The van der Waals surface area contributed by atoms with E-state index in [-0.39, 0.29) is 0 Å². The van der Waals surface area contributed by atoms with E-state index in [1.54, 1.807) is 6.26 Å². The molecule has 1 heterocycles. The predicted octanol–water partition coefficient (Wildman–Crippen LogP) is 3.58. The molecule has 1 N–H and O–H groups in total. The quantitative estimate of drug-likeness (QED) is 0.861. The minimum atomic E-state index is 0.470. The van der Waals surface area contributed by atoms with E-state index in [0.717, 1.165) is 30.2 Å². The van der Waals surface area contributed by atoms with Gasteiger partial charge in [0.1, 0.15) is 18.1 Å². The zero-order valence-corrected chi connectivity index (χ0v) is 11.8. The van der Waals surface area contributed by atoms with Crippen molar-refractivity contribution in [2.24, 2.45) is 0 Å². The van der Waals surface area contributed by atoms with Crippen LogP contribution >= 0.6 is 0 Å². The molecule has 0 spiro atoms. The van der Waals surface area contributed by atoms with Crippen molar-refractivity contribution < 1.29 is 9.15 Å². The van der Waals surface area contributed by atoms with E-state index < -0.39 is 0 Å². The molecule has 0 atom stereocenters. The van der Waals surface area contributed by atoms with Gasteiger partial charge < -0.3 is 14.5 Å². The Morgan fingerprint density at radius 3 is 2.84 bits per heavy atom. The van der Waals surface area contributed by atoms with Crippen molar-refractivity contribution >= 4 is 0 Å². The molecule has 1 aromatic heterocycles. The van der Waals surface area contributed by atoms with Gasteiger partial charge in [-0.2, -0.15) is 0 Å². The lowest BCUT2D eigenvalue weighted by Gasteiger charge is -2.10. The van der Waals surface area contributed by atoms with Gasteiger partial charge in [0, 0.05) is 12.1 Å². The van der Waals surface area contributed by atoms with E-state index in [9.17, 15) is 0 Å². The molecular formula is C16H21NO2. The summed E-state index contributed by atoms with van der Waals surface area (Å²) in [7, 11) is 0. The molecule has 0 radical (unpaired) electrons. The number of nitrogens with one attached hydrogen (secondary N) is 1. The third-order valence-corrected chi connectivity index (χ3v) is 3.32. The van der Waals surface area contributed by atoms with Crippen LogP contribution in [-0.4, -0.2) is 6.54 Å². The van der Waals surface area contributed by atoms with Crippen molar-refractivity contribution in [1.29, 1.82) is 0 Å². The number of furan rings is 1. The van der Waals surface area contributed by atoms with Crippen LogP contribution < -0.4 is 10.1 Å². The highest BCUT2D eigenvalue weighted by Gasteiger charge is 2.08. The van der Waals surface area contributed by atoms with Crippen LogP contribution in [0.25, 0.3) is 0 Å². The first-order chi connectivity index (χ1) is 9.22. The molecule has 3 nitrogen and oxygen atoms in total. The van der Waals surface area contributed by atoms with E-state index >= 15 is 0 Å². The second kappa shape index (κ2) is 6.43. The standard InChI is InChI=1S/C16H21NO2/c1-4-17-10-14-8-9-18-16(14)11-19-15-7-5-6-12(2)13(15)3/h5-9,17H,4,10-11H2,1-3H3. The molecule has 0 bridgehead atoms. The molecule has 0 fully saturated rings. The van der Waals surface area contributed by atoms with Crippen molar-refractivity contribution in [3.63, 3.8) is 0 Å². The zero-order chi connectivity index (χ0) is 13.7. The molecule has 0 saturated heterocycles. The topological polar surface area (TPSA) is 34.4 Å². The van der Waals surface area contributed by atoms with E-state index in [2.05, 4.69) is 32.2 Å². The van der Waals surface area contributed by atoms with Crippen LogP contribution in [0.5, 0.6) is 5.75 Å². The van der Waals surface area contributed by atoms with Gasteiger partial charge in [0.2, 0.25) is 0 Å². The van der Waals surface area contributed by atoms with Gasteiger partial charge in [0.25, 0.3) is 0 Å². The number of hydrogen-bond donors (Lipinski definition) is 1. The summed E-state index contributed by atoms with van der Waals surface area (Å²) in [6, 6.07) is 8.09. The second-order valence-electron chi connectivity index (χ2n) is 4.64. The van der Waals surface area contributed by atoms with Crippen molar-refractivity contribution in [3.05, 3.63) is 53.0 Å². The summed E-state index contributed by atoms with van der Waals surface area (Å²) in [5.74, 6) is 1.81. The normalized spacial score (nSPS) is 10.7. The molecule has 1 aromatic carbocycles. The SMILES string of the molecule is CCNCc1ccoc1COc1cccc(C)c1C. The van der Waals surface area contributed by atoms with Gasteiger partial charge in [-0.1, -0.05) is 19.1 Å². The average Bonchev–Trinajstić information content (AvgIpc) is 2.85. The lowest BCUT2D eigenvalue weighted by atomic mass is 10.1. The molecule has 0 saturated carbocycles. The average molecular weight is 259 g/mol. The summed E-state index contributed by atoms with van der Waals surface area (Å²) >= 11 is 0. The maximum atomic E-state index is 5.86. The van der Waals surface area contributed by atoms with Gasteiger partial charge in [-0.25, -0.2) is 0 Å². The van der Waals surface area contributed by atoms with Crippen LogP contribution in [0.4, 0.5) is 0 Å².